The highest BCUT2D eigenvalue weighted by atomic mass is 32.2. The summed E-state index contributed by atoms with van der Waals surface area (Å²) in [6, 6.07) is 5.54. The van der Waals surface area contributed by atoms with Crippen LogP contribution in [0.4, 0.5) is 4.79 Å². The minimum absolute atomic E-state index is 0.0246. The standard InChI is InChI=1S/C16H20N2O4S/c1-11(17-15(19)10-18-5-8-23-16(18)20)12-3-4-13-14(9-12)22-7-2-6-21-13/h3-4,9,11H,2,5-8,10H2,1H3,(H,17,19). The van der Waals surface area contributed by atoms with Gasteiger partial charge in [0, 0.05) is 18.7 Å². The van der Waals surface area contributed by atoms with Crippen molar-refractivity contribution < 1.29 is 19.1 Å². The van der Waals surface area contributed by atoms with E-state index in [1.165, 1.54) is 11.8 Å². The number of thioether (sulfide) groups is 1. The fraction of sp³-hybridized carbons (Fsp3) is 0.500. The molecule has 0 spiro atoms. The van der Waals surface area contributed by atoms with Crippen molar-refractivity contribution in [1.82, 2.24) is 10.2 Å². The molecule has 1 N–H and O–H groups in total. The van der Waals surface area contributed by atoms with Crippen molar-refractivity contribution in [2.45, 2.75) is 19.4 Å². The molecule has 0 saturated carbocycles. The fourth-order valence-electron chi connectivity index (χ4n) is 2.56. The number of carbonyl (C=O) groups is 2. The molecule has 0 bridgehead atoms. The highest BCUT2D eigenvalue weighted by molar-refractivity contribution is 8.13. The largest absolute Gasteiger partial charge is 0.490 e. The average Bonchev–Trinajstić information content (AvgIpc) is 2.80. The summed E-state index contributed by atoms with van der Waals surface area (Å²) in [7, 11) is 0. The molecule has 1 atom stereocenters. The van der Waals surface area contributed by atoms with Gasteiger partial charge >= 0.3 is 0 Å². The number of carbonyl (C=O) groups excluding carboxylic acids is 2. The first-order valence-electron chi connectivity index (χ1n) is 7.74. The SMILES string of the molecule is CC(NC(=O)CN1CCSC1=O)c1ccc2c(c1)OCCCO2. The highest BCUT2D eigenvalue weighted by Gasteiger charge is 2.24. The van der Waals surface area contributed by atoms with Gasteiger partial charge in [-0.05, 0) is 24.6 Å². The third kappa shape index (κ3) is 3.90. The molecule has 124 valence electrons. The number of nitrogens with zero attached hydrogens (tertiary/aromatic N) is 1. The lowest BCUT2D eigenvalue weighted by Gasteiger charge is -2.19. The predicted octanol–water partition coefficient (Wildman–Crippen LogP) is 2.19. The summed E-state index contributed by atoms with van der Waals surface area (Å²) in [6.07, 6.45) is 0.859. The minimum atomic E-state index is -0.162. The van der Waals surface area contributed by atoms with Crippen molar-refractivity contribution >= 4 is 22.9 Å². The molecule has 2 aliphatic rings. The summed E-state index contributed by atoms with van der Waals surface area (Å²) in [5, 5.41) is 2.90. The Morgan fingerprint density at radius 3 is 2.87 bits per heavy atom. The maximum atomic E-state index is 12.1. The number of benzene rings is 1. The lowest BCUT2D eigenvalue weighted by molar-refractivity contribution is -0.122. The van der Waals surface area contributed by atoms with Gasteiger partial charge in [0.05, 0.1) is 19.3 Å². The van der Waals surface area contributed by atoms with Crippen LogP contribution in [0, 0.1) is 0 Å². The van der Waals surface area contributed by atoms with Gasteiger partial charge in [-0.3, -0.25) is 9.59 Å². The normalized spacial score (nSPS) is 18.5. The van der Waals surface area contributed by atoms with Crippen LogP contribution in [-0.2, 0) is 4.79 Å². The Hall–Kier alpha value is -1.89. The Bertz CT molecular complexity index is 608. The van der Waals surface area contributed by atoms with Crippen molar-refractivity contribution in [3.8, 4) is 11.5 Å². The molecule has 1 unspecified atom stereocenters. The van der Waals surface area contributed by atoms with Gasteiger partial charge in [0.1, 0.15) is 6.54 Å². The van der Waals surface area contributed by atoms with E-state index in [2.05, 4.69) is 5.32 Å². The number of ether oxygens (including phenoxy) is 2. The van der Waals surface area contributed by atoms with E-state index in [4.69, 9.17) is 9.47 Å². The first-order valence-corrected chi connectivity index (χ1v) is 8.72. The number of fused-ring (bicyclic) bond motifs is 1. The number of hydrogen-bond acceptors (Lipinski definition) is 5. The van der Waals surface area contributed by atoms with Crippen molar-refractivity contribution in [2.75, 3.05) is 32.1 Å². The van der Waals surface area contributed by atoms with Gasteiger partial charge in [-0.2, -0.15) is 0 Å². The Morgan fingerprint density at radius 2 is 2.13 bits per heavy atom. The van der Waals surface area contributed by atoms with E-state index in [0.717, 1.165) is 23.5 Å². The van der Waals surface area contributed by atoms with Crippen LogP contribution in [0.5, 0.6) is 11.5 Å². The number of hydrogen-bond donors (Lipinski definition) is 1. The molecular formula is C16H20N2O4S. The average molecular weight is 336 g/mol. The maximum absolute atomic E-state index is 12.1. The lowest BCUT2D eigenvalue weighted by Crippen LogP contribution is -2.38. The molecule has 1 aromatic rings. The van der Waals surface area contributed by atoms with Crippen LogP contribution in [0.25, 0.3) is 0 Å². The lowest BCUT2D eigenvalue weighted by atomic mass is 10.1. The first kappa shape index (κ1) is 16.0. The van der Waals surface area contributed by atoms with Gasteiger partial charge in [-0.1, -0.05) is 17.8 Å². The number of amides is 2. The molecule has 0 radical (unpaired) electrons. The smallest absolute Gasteiger partial charge is 0.282 e. The maximum Gasteiger partial charge on any atom is 0.282 e. The van der Waals surface area contributed by atoms with Crippen LogP contribution < -0.4 is 14.8 Å². The molecule has 2 heterocycles. The highest BCUT2D eigenvalue weighted by Crippen LogP contribution is 2.32. The van der Waals surface area contributed by atoms with Gasteiger partial charge in [-0.25, -0.2) is 0 Å². The van der Waals surface area contributed by atoms with Crippen LogP contribution in [0.3, 0.4) is 0 Å². The van der Waals surface area contributed by atoms with Gasteiger partial charge < -0.3 is 19.7 Å². The fourth-order valence-corrected chi connectivity index (χ4v) is 3.39. The molecule has 7 heteroatoms. The molecule has 1 saturated heterocycles. The van der Waals surface area contributed by atoms with E-state index in [-0.39, 0.29) is 23.7 Å². The summed E-state index contributed by atoms with van der Waals surface area (Å²) >= 11 is 1.26. The third-order valence-corrected chi connectivity index (χ3v) is 4.72. The molecule has 0 aromatic heterocycles. The second kappa shape index (κ2) is 7.12. The van der Waals surface area contributed by atoms with Gasteiger partial charge in [0.2, 0.25) is 5.91 Å². The van der Waals surface area contributed by atoms with Gasteiger partial charge in [-0.15, -0.1) is 0 Å². The molecule has 1 aromatic carbocycles. The van der Waals surface area contributed by atoms with Crippen molar-refractivity contribution in [1.29, 1.82) is 0 Å². The number of rotatable bonds is 4. The van der Waals surface area contributed by atoms with Crippen molar-refractivity contribution in [3.63, 3.8) is 0 Å². The molecule has 2 aliphatic heterocycles. The van der Waals surface area contributed by atoms with Crippen molar-refractivity contribution in [3.05, 3.63) is 23.8 Å². The first-order chi connectivity index (χ1) is 11.1. The third-order valence-electron chi connectivity index (χ3n) is 3.83. The Balaban J connectivity index is 1.61. The zero-order valence-electron chi connectivity index (χ0n) is 13.0. The second-order valence-electron chi connectivity index (χ2n) is 5.58. The van der Waals surface area contributed by atoms with Crippen LogP contribution >= 0.6 is 11.8 Å². The Labute approximate surface area is 139 Å². The van der Waals surface area contributed by atoms with E-state index in [9.17, 15) is 9.59 Å². The van der Waals surface area contributed by atoms with E-state index >= 15 is 0 Å². The molecule has 0 aliphatic carbocycles. The summed E-state index contributed by atoms with van der Waals surface area (Å²) < 4.78 is 11.3. The van der Waals surface area contributed by atoms with Crippen LogP contribution in [-0.4, -0.2) is 48.1 Å². The van der Waals surface area contributed by atoms with Crippen LogP contribution in [0.1, 0.15) is 24.9 Å². The van der Waals surface area contributed by atoms with Crippen LogP contribution in [0.2, 0.25) is 0 Å². The second-order valence-corrected chi connectivity index (χ2v) is 6.63. The van der Waals surface area contributed by atoms with E-state index in [1.807, 2.05) is 25.1 Å². The van der Waals surface area contributed by atoms with E-state index in [1.54, 1.807) is 4.90 Å². The summed E-state index contributed by atoms with van der Waals surface area (Å²) in [4.78, 5) is 25.2. The molecule has 1 fully saturated rings. The molecule has 2 amide bonds. The zero-order valence-corrected chi connectivity index (χ0v) is 13.9. The van der Waals surface area contributed by atoms with Gasteiger partial charge in [0.15, 0.2) is 11.5 Å². The molecule has 23 heavy (non-hydrogen) atoms. The van der Waals surface area contributed by atoms with E-state index < -0.39 is 0 Å². The van der Waals surface area contributed by atoms with Crippen molar-refractivity contribution in [2.24, 2.45) is 0 Å². The predicted molar refractivity (Wildman–Crippen MR) is 88.0 cm³/mol. The Kier molecular flexibility index (Phi) is 4.95. The monoisotopic (exact) mass is 336 g/mol. The number of nitrogens with one attached hydrogen (secondary N) is 1. The quantitative estimate of drug-likeness (QED) is 0.913. The molecular weight excluding hydrogens is 316 g/mol. The topological polar surface area (TPSA) is 67.9 Å². The summed E-state index contributed by atoms with van der Waals surface area (Å²) in [5.74, 6) is 2.06. The summed E-state index contributed by atoms with van der Waals surface area (Å²) in [6.45, 7) is 3.94. The van der Waals surface area contributed by atoms with Gasteiger partial charge in [0.25, 0.3) is 5.24 Å². The Morgan fingerprint density at radius 1 is 1.35 bits per heavy atom. The van der Waals surface area contributed by atoms with Crippen LogP contribution in [0.15, 0.2) is 18.2 Å². The zero-order chi connectivity index (χ0) is 16.2. The molecule has 3 rings (SSSR count). The van der Waals surface area contributed by atoms with E-state index in [0.29, 0.717) is 25.5 Å². The minimum Gasteiger partial charge on any atom is -0.490 e. The molecule has 6 nitrogen and oxygen atoms in total. The summed E-state index contributed by atoms with van der Waals surface area (Å²) in [5.41, 5.74) is 0.949.